The molecule has 110 valence electrons. The molecule has 0 unspecified atom stereocenters. The van der Waals surface area contributed by atoms with Crippen LogP contribution in [-0.2, 0) is 0 Å². The first kappa shape index (κ1) is 15.6. The van der Waals surface area contributed by atoms with Crippen molar-refractivity contribution in [2.45, 2.75) is 0 Å². The van der Waals surface area contributed by atoms with E-state index >= 15 is 0 Å². The zero-order valence-electron chi connectivity index (χ0n) is 12.3. The lowest BCUT2D eigenvalue weighted by atomic mass is 10.1. The fraction of sp³-hybridized carbons (Fsp3) is 0.385. The van der Waals surface area contributed by atoms with Crippen LogP contribution in [0.1, 0.15) is 10.4 Å². The van der Waals surface area contributed by atoms with Crippen molar-refractivity contribution in [3.05, 3.63) is 17.7 Å². The van der Waals surface area contributed by atoms with Gasteiger partial charge in [-0.25, -0.2) is 5.43 Å². The molecule has 1 N–H and O–H groups in total. The van der Waals surface area contributed by atoms with Crippen LogP contribution in [0.5, 0.6) is 17.2 Å². The lowest BCUT2D eigenvalue weighted by Gasteiger charge is -2.13. The molecule has 0 fully saturated rings. The summed E-state index contributed by atoms with van der Waals surface area (Å²) in [4.78, 5) is 13.7. The van der Waals surface area contributed by atoms with Gasteiger partial charge in [-0.05, 0) is 12.1 Å². The minimum atomic E-state index is -0.373. The lowest BCUT2D eigenvalue weighted by Crippen LogP contribution is -2.20. The molecule has 0 aliphatic heterocycles. The van der Waals surface area contributed by atoms with E-state index in [9.17, 15) is 4.79 Å². The van der Waals surface area contributed by atoms with Gasteiger partial charge in [0.1, 0.15) is 6.34 Å². The number of nitrogens with zero attached hydrogens (tertiary/aromatic N) is 2. The maximum Gasteiger partial charge on any atom is 0.271 e. The van der Waals surface area contributed by atoms with Crippen molar-refractivity contribution in [2.24, 2.45) is 5.10 Å². The van der Waals surface area contributed by atoms with Gasteiger partial charge in [0.25, 0.3) is 5.91 Å². The number of nitrogens with one attached hydrogen (secondary N) is 1. The average molecular weight is 281 g/mol. The fourth-order valence-corrected chi connectivity index (χ4v) is 1.48. The quantitative estimate of drug-likeness (QED) is 0.477. The molecule has 0 saturated carbocycles. The minimum absolute atomic E-state index is 0.357. The van der Waals surface area contributed by atoms with Gasteiger partial charge in [-0.3, -0.25) is 4.79 Å². The molecule has 0 aliphatic carbocycles. The summed E-state index contributed by atoms with van der Waals surface area (Å²) >= 11 is 0. The molecule has 20 heavy (non-hydrogen) atoms. The van der Waals surface area contributed by atoms with Gasteiger partial charge in [0.15, 0.2) is 11.5 Å². The van der Waals surface area contributed by atoms with Crippen LogP contribution in [0.15, 0.2) is 17.2 Å². The van der Waals surface area contributed by atoms with Crippen LogP contribution in [0.4, 0.5) is 0 Å². The third-order valence-electron chi connectivity index (χ3n) is 2.38. The summed E-state index contributed by atoms with van der Waals surface area (Å²) in [5.74, 6) is 0.882. The molecule has 0 spiro atoms. The Morgan fingerprint density at radius 3 is 2.10 bits per heavy atom. The Kier molecular flexibility index (Phi) is 5.64. The van der Waals surface area contributed by atoms with E-state index in [0.717, 1.165) is 0 Å². The zero-order chi connectivity index (χ0) is 15.1. The van der Waals surface area contributed by atoms with Crippen molar-refractivity contribution in [1.82, 2.24) is 10.3 Å². The van der Waals surface area contributed by atoms with Crippen LogP contribution in [0.2, 0.25) is 0 Å². The summed E-state index contributed by atoms with van der Waals surface area (Å²) in [6.45, 7) is 0. The van der Waals surface area contributed by atoms with E-state index in [4.69, 9.17) is 14.2 Å². The van der Waals surface area contributed by atoms with Gasteiger partial charge >= 0.3 is 0 Å². The largest absolute Gasteiger partial charge is 0.493 e. The van der Waals surface area contributed by atoms with Gasteiger partial charge < -0.3 is 19.1 Å². The van der Waals surface area contributed by atoms with Crippen molar-refractivity contribution in [3.63, 3.8) is 0 Å². The number of ether oxygens (including phenoxy) is 3. The molecule has 1 rings (SSSR count). The third kappa shape index (κ3) is 3.78. The first-order chi connectivity index (χ1) is 9.53. The van der Waals surface area contributed by atoms with Gasteiger partial charge in [-0.2, -0.15) is 5.10 Å². The Balaban J connectivity index is 3.03. The number of rotatable bonds is 6. The minimum Gasteiger partial charge on any atom is -0.493 e. The molecule has 7 heteroatoms. The molecule has 0 radical (unpaired) electrons. The Bertz CT molecular complexity index is 475. The van der Waals surface area contributed by atoms with Crippen molar-refractivity contribution < 1.29 is 19.0 Å². The first-order valence-corrected chi connectivity index (χ1v) is 5.83. The number of benzene rings is 1. The molecule has 1 amide bonds. The number of hydrogen-bond acceptors (Lipinski definition) is 5. The Morgan fingerprint density at radius 2 is 1.70 bits per heavy atom. The van der Waals surface area contributed by atoms with Gasteiger partial charge in [-0.15, -0.1) is 0 Å². The SMILES string of the molecule is COc1cc(C(=O)N/N=C\N(C)C)cc(OC)c1OC. The van der Waals surface area contributed by atoms with E-state index in [2.05, 4.69) is 10.5 Å². The molecule has 7 nitrogen and oxygen atoms in total. The normalized spacial score (nSPS) is 10.2. The maximum atomic E-state index is 12.0. The van der Waals surface area contributed by atoms with Crippen LogP contribution in [0, 0.1) is 0 Å². The first-order valence-electron chi connectivity index (χ1n) is 5.83. The molecule has 0 atom stereocenters. The van der Waals surface area contributed by atoms with Crippen molar-refractivity contribution in [1.29, 1.82) is 0 Å². The molecule has 0 aromatic heterocycles. The van der Waals surface area contributed by atoms with Gasteiger partial charge in [-0.1, -0.05) is 0 Å². The van der Waals surface area contributed by atoms with Crippen molar-refractivity contribution in [3.8, 4) is 17.2 Å². The highest BCUT2D eigenvalue weighted by molar-refractivity contribution is 5.95. The lowest BCUT2D eigenvalue weighted by molar-refractivity contribution is 0.0954. The van der Waals surface area contributed by atoms with Gasteiger partial charge in [0.2, 0.25) is 5.75 Å². The van der Waals surface area contributed by atoms with Crippen LogP contribution in [0.25, 0.3) is 0 Å². The van der Waals surface area contributed by atoms with E-state index < -0.39 is 0 Å². The van der Waals surface area contributed by atoms with Crippen LogP contribution in [0.3, 0.4) is 0 Å². The monoisotopic (exact) mass is 281 g/mol. The second-order valence-electron chi connectivity index (χ2n) is 4.06. The number of hydrazone groups is 1. The molecule has 1 aromatic rings. The average Bonchev–Trinajstić information content (AvgIpc) is 2.44. The molecule has 0 heterocycles. The zero-order valence-corrected chi connectivity index (χ0v) is 12.3. The summed E-state index contributed by atoms with van der Waals surface area (Å²) in [7, 11) is 8.08. The Morgan fingerprint density at radius 1 is 1.15 bits per heavy atom. The number of carbonyl (C=O) groups is 1. The summed E-state index contributed by atoms with van der Waals surface area (Å²) in [6, 6.07) is 3.11. The fourth-order valence-electron chi connectivity index (χ4n) is 1.48. The number of hydrogen-bond donors (Lipinski definition) is 1. The summed E-state index contributed by atoms with van der Waals surface area (Å²) in [5, 5.41) is 3.79. The summed E-state index contributed by atoms with van der Waals surface area (Å²) < 4.78 is 15.5. The van der Waals surface area contributed by atoms with E-state index in [1.54, 1.807) is 31.1 Å². The second kappa shape index (κ2) is 7.22. The predicted molar refractivity (Wildman–Crippen MR) is 75.7 cm³/mol. The van der Waals surface area contributed by atoms with Gasteiger partial charge in [0, 0.05) is 19.7 Å². The highest BCUT2D eigenvalue weighted by Gasteiger charge is 2.16. The van der Waals surface area contributed by atoms with Crippen LogP contribution >= 0.6 is 0 Å². The molecule has 1 aromatic carbocycles. The predicted octanol–water partition coefficient (Wildman–Crippen LogP) is 0.947. The highest BCUT2D eigenvalue weighted by atomic mass is 16.5. The molecular weight excluding hydrogens is 262 g/mol. The number of carbonyl (C=O) groups excluding carboxylic acids is 1. The van der Waals surface area contributed by atoms with Crippen LogP contribution in [-0.4, -0.2) is 52.6 Å². The smallest absolute Gasteiger partial charge is 0.271 e. The molecular formula is C13H19N3O4. The third-order valence-corrected chi connectivity index (χ3v) is 2.38. The van der Waals surface area contributed by atoms with Crippen molar-refractivity contribution in [2.75, 3.05) is 35.4 Å². The summed E-state index contributed by atoms with van der Waals surface area (Å²) in [6.07, 6.45) is 1.48. The topological polar surface area (TPSA) is 72.4 Å². The van der Waals surface area contributed by atoms with Crippen LogP contribution < -0.4 is 19.6 Å². The van der Waals surface area contributed by atoms with E-state index in [1.165, 1.54) is 27.7 Å². The molecule has 0 aliphatic rings. The maximum absolute atomic E-state index is 12.0. The Hall–Kier alpha value is -2.44. The highest BCUT2D eigenvalue weighted by Crippen LogP contribution is 2.38. The molecule has 0 bridgehead atoms. The van der Waals surface area contributed by atoms with E-state index in [-0.39, 0.29) is 5.91 Å². The number of methoxy groups -OCH3 is 3. The Labute approximate surface area is 118 Å². The van der Waals surface area contributed by atoms with Gasteiger partial charge in [0.05, 0.1) is 21.3 Å². The second-order valence-corrected chi connectivity index (χ2v) is 4.06. The summed E-state index contributed by atoms with van der Waals surface area (Å²) in [5.41, 5.74) is 2.76. The van der Waals surface area contributed by atoms with E-state index in [1.807, 2.05) is 0 Å². The molecule has 0 saturated heterocycles. The standard InChI is InChI=1S/C13H19N3O4/c1-16(2)8-14-15-13(17)9-6-10(18-3)12(20-5)11(7-9)19-4/h6-8H,1-5H3,(H,15,17)/b14-8-. The van der Waals surface area contributed by atoms with E-state index in [0.29, 0.717) is 22.8 Å². The number of amides is 1. The van der Waals surface area contributed by atoms with Crippen molar-refractivity contribution >= 4 is 12.2 Å².